The summed E-state index contributed by atoms with van der Waals surface area (Å²) >= 11 is 0. The van der Waals surface area contributed by atoms with Crippen molar-refractivity contribution >= 4 is 0 Å². The van der Waals surface area contributed by atoms with Crippen molar-refractivity contribution in [2.24, 2.45) is 5.41 Å². The lowest BCUT2D eigenvalue weighted by molar-refractivity contribution is 0.172. The summed E-state index contributed by atoms with van der Waals surface area (Å²) < 4.78 is 0. The minimum absolute atomic E-state index is 0.449. The summed E-state index contributed by atoms with van der Waals surface area (Å²) in [5.41, 5.74) is 0.449. The molecule has 0 bridgehead atoms. The van der Waals surface area contributed by atoms with Crippen LogP contribution in [-0.4, -0.2) is 49.1 Å². The zero-order valence-corrected chi connectivity index (χ0v) is 14.1. The van der Waals surface area contributed by atoms with Gasteiger partial charge in [0.05, 0.1) is 0 Å². The van der Waals surface area contributed by atoms with Gasteiger partial charge in [-0.05, 0) is 72.6 Å². The average molecular weight is 256 g/mol. The second-order valence-electron chi connectivity index (χ2n) is 6.98. The Kier molecular flexibility index (Phi) is 8.13. The molecule has 0 spiro atoms. The Morgan fingerprint density at radius 2 is 1.33 bits per heavy atom. The van der Waals surface area contributed by atoms with E-state index in [0.717, 1.165) is 0 Å². The molecule has 1 atom stereocenters. The van der Waals surface area contributed by atoms with Gasteiger partial charge in [0.2, 0.25) is 0 Å². The van der Waals surface area contributed by atoms with E-state index in [1.54, 1.807) is 0 Å². The number of hydrogen-bond donors (Lipinski definition) is 0. The quantitative estimate of drug-likeness (QED) is 0.618. The van der Waals surface area contributed by atoms with Crippen molar-refractivity contribution in [3.63, 3.8) is 0 Å². The van der Waals surface area contributed by atoms with E-state index in [9.17, 15) is 0 Å². The van der Waals surface area contributed by atoms with Gasteiger partial charge in [0, 0.05) is 12.1 Å². The first-order valence-corrected chi connectivity index (χ1v) is 7.60. The highest BCUT2D eigenvalue weighted by molar-refractivity contribution is 4.74. The molecule has 0 rings (SSSR count). The van der Waals surface area contributed by atoms with E-state index >= 15 is 0 Å². The number of hydrogen-bond acceptors (Lipinski definition) is 2. The molecule has 2 nitrogen and oxygen atoms in total. The van der Waals surface area contributed by atoms with Gasteiger partial charge < -0.3 is 9.80 Å². The lowest BCUT2D eigenvalue weighted by Crippen LogP contribution is -2.34. The summed E-state index contributed by atoms with van der Waals surface area (Å²) in [6.45, 7) is 16.4. The number of rotatable bonds is 9. The summed E-state index contributed by atoms with van der Waals surface area (Å²) in [6.07, 6.45) is 3.82. The smallest absolute Gasteiger partial charge is 0.00612 e. The topological polar surface area (TPSA) is 6.48 Å². The summed E-state index contributed by atoms with van der Waals surface area (Å²) in [5, 5.41) is 0. The van der Waals surface area contributed by atoms with E-state index in [-0.39, 0.29) is 0 Å². The third-order valence-electron chi connectivity index (χ3n) is 4.51. The molecule has 0 aliphatic carbocycles. The maximum Gasteiger partial charge on any atom is 0.00612 e. The van der Waals surface area contributed by atoms with E-state index in [0.29, 0.717) is 17.5 Å². The lowest BCUT2D eigenvalue weighted by atomic mass is 9.85. The molecule has 1 unspecified atom stereocenters. The molecule has 0 saturated heterocycles. The van der Waals surface area contributed by atoms with Crippen molar-refractivity contribution in [2.45, 2.75) is 72.9 Å². The standard InChI is InChI=1S/C16H36N2/c1-9-15(4)18(8)13-11-16(5,6)10-12-17(7)14(2)3/h14-15H,9-13H2,1-8H3. The van der Waals surface area contributed by atoms with Crippen molar-refractivity contribution in [1.29, 1.82) is 0 Å². The molecular weight excluding hydrogens is 220 g/mol. The van der Waals surface area contributed by atoms with Crippen LogP contribution in [0.2, 0.25) is 0 Å². The predicted molar refractivity (Wildman–Crippen MR) is 83.2 cm³/mol. The van der Waals surface area contributed by atoms with Gasteiger partial charge in [0.25, 0.3) is 0 Å². The van der Waals surface area contributed by atoms with Gasteiger partial charge >= 0.3 is 0 Å². The van der Waals surface area contributed by atoms with Crippen LogP contribution in [0.5, 0.6) is 0 Å². The van der Waals surface area contributed by atoms with E-state index < -0.39 is 0 Å². The highest BCUT2D eigenvalue weighted by Crippen LogP contribution is 2.26. The third kappa shape index (κ3) is 7.38. The largest absolute Gasteiger partial charge is 0.304 e. The molecular formula is C16H36N2. The maximum absolute atomic E-state index is 2.49. The fourth-order valence-electron chi connectivity index (χ4n) is 1.87. The predicted octanol–water partition coefficient (Wildman–Crippen LogP) is 3.86. The molecule has 0 aliphatic heterocycles. The Morgan fingerprint density at radius 3 is 1.72 bits per heavy atom. The van der Waals surface area contributed by atoms with Crippen LogP contribution in [0, 0.1) is 5.41 Å². The third-order valence-corrected chi connectivity index (χ3v) is 4.51. The highest BCUT2D eigenvalue weighted by atomic mass is 15.1. The summed E-state index contributed by atoms with van der Waals surface area (Å²) in [6, 6.07) is 1.36. The maximum atomic E-state index is 2.49. The Balaban J connectivity index is 4.00. The lowest BCUT2D eigenvalue weighted by Gasteiger charge is -2.32. The summed E-state index contributed by atoms with van der Waals surface area (Å²) in [4.78, 5) is 4.94. The molecule has 0 saturated carbocycles. The molecule has 0 fully saturated rings. The highest BCUT2D eigenvalue weighted by Gasteiger charge is 2.20. The van der Waals surface area contributed by atoms with Crippen LogP contribution in [0.25, 0.3) is 0 Å². The van der Waals surface area contributed by atoms with Gasteiger partial charge in [-0.2, -0.15) is 0 Å². The first-order chi connectivity index (χ1) is 8.19. The molecule has 0 aliphatic rings. The van der Waals surface area contributed by atoms with Crippen LogP contribution >= 0.6 is 0 Å². The normalized spacial score (nSPS) is 14.8. The van der Waals surface area contributed by atoms with Crippen molar-refractivity contribution in [1.82, 2.24) is 9.80 Å². The van der Waals surface area contributed by atoms with Gasteiger partial charge in [-0.3, -0.25) is 0 Å². The van der Waals surface area contributed by atoms with E-state index in [1.165, 1.54) is 32.4 Å². The molecule has 0 radical (unpaired) electrons. The minimum atomic E-state index is 0.449. The Labute approximate surface area is 116 Å². The van der Waals surface area contributed by atoms with Crippen LogP contribution in [0.4, 0.5) is 0 Å². The van der Waals surface area contributed by atoms with Crippen molar-refractivity contribution in [3.8, 4) is 0 Å². The molecule has 110 valence electrons. The molecule has 0 aromatic carbocycles. The monoisotopic (exact) mass is 256 g/mol. The van der Waals surface area contributed by atoms with E-state index in [2.05, 4.69) is 65.4 Å². The van der Waals surface area contributed by atoms with Crippen LogP contribution in [-0.2, 0) is 0 Å². The second kappa shape index (κ2) is 8.16. The van der Waals surface area contributed by atoms with Crippen LogP contribution in [0.15, 0.2) is 0 Å². The molecule has 2 heteroatoms. The van der Waals surface area contributed by atoms with Gasteiger partial charge in [-0.25, -0.2) is 0 Å². The van der Waals surface area contributed by atoms with Crippen LogP contribution in [0.1, 0.15) is 60.8 Å². The van der Waals surface area contributed by atoms with Crippen molar-refractivity contribution in [2.75, 3.05) is 27.2 Å². The minimum Gasteiger partial charge on any atom is -0.304 e. The second-order valence-corrected chi connectivity index (χ2v) is 6.98. The molecule has 18 heavy (non-hydrogen) atoms. The SMILES string of the molecule is CCC(C)N(C)CCC(C)(C)CCN(C)C(C)C. The van der Waals surface area contributed by atoms with Crippen LogP contribution in [0.3, 0.4) is 0 Å². The Bertz CT molecular complexity index is 211. The fourth-order valence-corrected chi connectivity index (χ4v) is 1.87. The van der Waals surface area contributed by atoms with Crippen LogP contribution < -0.4 is 0 Å². The van der Waals surface area contributed by atoms with E-state index in [4.69, 9.17) is 0 Å². The van der Waals surface area contributed by atoms with Gasteiger partial charge in [-0.15, -0.1) is 0 Å². The Hall–Kier alpha value is -0.0800. The zero-order chi connectivity index (χ0) is 14.3. The summed E-state index contributed by atoms with van der Waals surface area (Å²) in [5.74, 6) is 0. The summed E-state index contributed by atoms with van der Waals surface area (Å²) in [7, 11) is 4.48. The first-order valence-electron chi connectivity index (χ1n) is 7.60. The average Bonchev–Trinajstić information content (AvgIpc) is 2.31. The molecule has 0 amide bonds. The van der Waals surface area contributed by atoms with Gasteiger partial charge in [-0.1, -0.05) is 20.8 Å². The fraction of sp³-hybridized carbons (Fsp3) is 1.00. The van der Waals surface area contributed by atoms with Gasteiger partial charge in [0.1, 0.15) is 0 Å². The van der Waals surface area contributed by atoms with E-state index in [1.807, 2.05) is 0 Å². The molecule has 0 aromatic rings. The molecule has 0 N–H and O–H groups in total. The first kappa shape index (κ1) is 17.9. The van der Waals surface area contributed by atoms with Crippen molar-refractivity contribution < 1.29 is 0 Å². The zero-order valence-electron chi connectivity index (χ0n) is 14.1. The number of nitrogens with zero attached hydrogens (tertiary/aromatic N) is 2. The van der Waals surface area contributed by atoms with Crippen molar-refractivity contribution in [3.05, 3.63) is 0 Å². The Morgan fingerprint density at radius 1 is 0.889 bits per heavy atom. The molecule has 0 heterocycles. The molecule has 0 aromatic heterocycles. The van der Waals surface area contributed by atoms with Gasteiger partial charge in [0.15, 0.2) is 0 Å².